The summed E-state index contributed by atoms with van der Waals surface area (Å²) in [6, 6.07) is 8.16. The third-order valence-corrected chi connectivity index (χ3v) is 4.98. The van der Waals surface area contributed by atoms with E-state index in [0.29, 0.717) is 11.3 Å². The van der Waals surface area contributed by atoms with Crippen molar-refractivity contribution in [2.24, 2.45) is 7.05 Å². The lowest BCUT2D eigenvalue weighted by molar-refractivity contribution is 0.102. The van der Waals surface area contributed by atoms with E-state index >= 15 is 0 Å². The van der Waals surface area contributed by atoms with Crippen molar-refractivity contribution < 1.29 is 9.18 Å². The molecule has 0 fully saturated rings. The summed E-state index contributed by atoms with van der Waals surface area (Å²) in [4.78, 5) is 16.8. The van der Waals surface area contributed by atoms with Crippen molar-refractivity contribution in [2.45, 2.75) is 19.0 Å². The number of imidazole rings is 1. The average Bonchev–Trinajstić information content (AvgIpc) is 3.09. The first-order valence-electron chi connectivity index (χ1n) is 7.55. The number of hydrogen-bond donors (Lipinski definition) is 0. The number of Topliss-reactive ketones (excluding diaryl/α,β-unsaturated/α-hetero) is 1. The van der Waals surface area contributed by atoms with Crippen molar-refractivity contribution in [3.8, 4) is 5.69 Å². The molecule has 0 aliphatic carbocycles. The smallest absolute Gasteiger partial charge is 0.175 e. The molecule has 0 saturated heterocycles. The molecule has 3 rings (SSSR count). The highest BCUT2D eigenvalue weighted by Gasteiger charge is 2.17. The molecule has 0 aliphatic heterocycles. The molecule has 0 unspecified atom stereocenters. The van der Waals surface area contributed by atoms with Gasteiger partial charge in [-0.2, -0.15) is 0 Å². The van der Waals surface area contributed by atoms with Crippen molar-refractivity contribution in [3.63, 3.8) is 0 Å². The first-order chi connectivity index (χ1) is 11.5. The number of aromatic nitrogens is 3. The Morgan fingerprint density at radius 2 is 1.96 bits per heavy atom. The summed E-state index contributed by atoms with van der Waals surface area (Å²) in [6.07, 6.45) is 3.57. The fourth-order valence-corrected chi connectivity index (χ4v) is 3.55. The molecular weight excluding hydrogens is 325 g/mol. The number of nitrogens with zero attached hydrogens (tertiary/aromatic N) is 3. The molecule has 0 radical (unpaired) electrons. The van der Waals surface area contributed by atoms with Crippen LogP contribution in [-0.2, 0) is 7.05 Å². The van der Waals surface area contributed by atoms with Crippen molar-refractivity contribution in [2.75, 3.05) is 5.75 Å². The van der Waals surface area contributed by atoms with Gasteiger partial charge in [-0.05, 0) is 44.2 Å². The molecule has 2 aromatic heterocycles. The van der Waals surface area contributed by atoms with Crippen LogP contribution in [0.5, 0.6) is 0 Å². The molecule has 3 aromatic rings. The Balaban J connectivity index is 1.84. The maximum Gasteiger partial charge on any atom is 0.175 e. The van der Waals surface area contributed by atoms with E-state index in [1.165, 1.54) is 23.9 Å². The molecule has 0 bridgehead atoms. The molecule has 0 aliphatic rings. The van der Waals surface area contributed by atoms with Gasteiger partial charge in [-0.3, -0.25) is 4.79 Å². The highest BCUT2D eigenvalue weighted by Crippen LogP contribution is 2.24. The molecule has 2 heterocycles. The number of halogens is 1. The van der Waals surface area contributed by atoms with Crippen LogP contribution < -0.4 is 0 Å². The van der Waals surface area contributed by atoms with Crippen LogP contribution in [0.1, 0.15) is 21.7 Å². The number of rotatable bonds is 5. The van der Waals surface area contributed by atoms with Gasteiger partial charge < -0.3 is 9.13 Å². The van der Waals surface area contributed by atoms with Gasteiger partial charge in [0.2, 0.25) is 0 Å². The van der Waals surface area contributed by atoms with E-state index in [1.54, 1.807) is 18.3 Å². The normalized spacial score (nSPS) is 11.0. The first-order valence-corrected chi connectivity index (χ1v) is 8.54. The number of ketones is 1. The minimum atomic E-state index is -0.274. The zero-order chi connectivity index (χ0) is 17.3. The SMILES string of the molecule is Cc1cc(C(=O)CSc2nccn2C)c(C)n1-c1ccc(F)cc1. The number of carbonyl (C=O) groups excluding carboxylic acids is 1. The second-order valence-electron chi connectivity index (χ2n) is 5.63. The predicted molar refractivity (Wildman–Crippen MR) is 93.5 cm³/mol. The quantitative estimate of drug-likeness (QED) is 0.520. The second kappa shape index (κ2) is 6.65. The van der Waals surface area contributed by atoms with E-state index in [9.17, 15) is 9.18 Å². The van der Waals surface area contributed by atoms with Gasteiger partial charge in [0.25, 0.3) is 0 Å². The lowest BCUT2D eigenvalue weighted by atomic mass is 10.2. The van der Waals surface area contributed by atoms with E-state index in [4.69, 9.17) is 0 Å². The van der Waals surface area contributed by atoms with Crippen LogP contribution in [-0.4, -0.2) is 25.7 Å². The second-order valence-corrected chi connectivity index (χ2v) is 6.57. The van der Waals surface area contributed by atoms with Gasteiger partial charge in [0.1, 0.15) is 5.82 Å². The molecule has 0 spiro atoms. The van der Waals surface area contributed by atoms with Gasteiger partial charge in [0.15, 0.2) is 10.9 Å². The zero-order valence-electron chi connectivity index (χ0n) is 13.8. The van der Waals surface area contributed by atoms with E-state index in [-0.39, 0.29) is 11.6 Å². The summed E-state index contributed by atoms with van der Waals surface area (Å²) in [6.45, 7) is 3.86. The number of aryl methyl sites for hydroxylation is 2. The Morgan fingerprint density at radius 3 is 2.58 bits per heavy atom. The molecule has 0 atom stereocenters. The topological polar surface area (TPSA) is 39.8 Å². The number of hydrogen-bond acceptors (Lipinski definition) is 3. The molecule has 1 aromatic carbocycles. The van der Waals surface area contributed by atoms with Gasteiger partial charge in [-0.25, -0.2) is 9.37 Å². The highest BCUT2D eigenvalue weighted by atomic mass is 32.2. The summed E-state index contributed by atoms with van der Waals surface area (Å²) in [5.74, 6) is 0.118. The largest absolute Gasteiger partial charge is 0.329 e. The van der Waals surface area contributed by atoms with E-state index in [0.717, 1.165) is 22.2 Å². The standard InChI is InChI=1S/C18H18FN3OS/c1-12-10-16(17(23)11-24-18-20-8-9-21(18)3)13(2)22(12)15-6-4-14(19)5-7-15/h4-10H,11H2,1-3H3. The Bertz CT molecular complexity index is 880. The summed E-state index contributed by atoms with van der Waals surface area (Å²) in [7, 11) is 1.90. The molecule has 6 heteroatoms. The Labute approximate surface area is 144 Å². The van der Waals surface area contributed by atoms with Gasteiger partial charge in [0, 0.05) is 42.1 Å². The number of carbonyl (C=O) groups is 1. The molecule has 124 valence electrons. The molecule has 24 heavy (non-hydrogen) atoms. The van der Waals surface area contributed by atoms with Gasteiger partial charge in [-0.15, -0.1) is 0 Å². The van der Waals surface area contributed by atoms with Crippen LogP contribution in [0.25, 0.3) is 5.69 Å². The highest BCUT2D eigenvalue weighted by molar-refractivity contribution is 7.99. The summed E-state index contributed by atoms with van der Waals surface area (Å²) < 4.78 is 17.0. The maximum absolute atomic E-state index is 13.1. The molecular formula is C18H18FN3OS. The summed E-state index contributed by atoms with van der Waals surface area (Å²) in [5.41, 5.74) is 3.36. The number of thioether (sulfide) groups is 1. The minimum absolute atomic E-state index is 0.0597. The van der Waals surface area contributed by atoms with Crippen molar-refractivity contribution in [1.82, 2.24) is 14.1 Å². The van der Waals surface area contributed by atoms with Crippen LogP contribution in [0, 0.1) is 19.7 Å². The average molecular weight is 343 g/mol. The fourth-order valence-electron chi connectivity index (χ4n) is 2.73. The maximum atomic E-state index is 13.1. The minimum Gasteiger partial charge on any atom is -0.329 e. The third-order valence-electron chi connectivity index (χ3n) is 3.93. The van der Waals surface area contributed by atoms with Crippen molar-refractivity contribution >= 4 is 17.5 Å². The molecule has 0 amide bonds. The molecule has 4 nitrogen and oxygen atoms in total. The van der Waals surface area contributed by atoms with Crippen molar-refractivity contribution in [3.05, 3.63) is 65.5 Å². The molecule has 0 saturated carbocycles. The van der Waals surface area contributed by atoms with Crippen LogP contribution in [0.4, 0.5) is 4.39 Å². The summed E-state index contributed by atoms with van der Waals surface area (Å²) >= 11 is 1.42. The van der Waals surface area contributed by atoms with E-state index < -0.39 is 0 Å². The lowest BCUT2D eigenvalue weighted by Gasteiger charge is -2.09. The fraction of sp³-hybridized carbons (Fsp3) is 0.222. The van der Waals surface area contributed by atoms with E-state index in [1.807, 2.05) is 42.3 Å². The van der Waals surface area contributed by atoms with E-state index in [2.05, 4.69) is 4.98 Å². The molecule has 0 N–H and O–H groups in total. The number of benzene rings is 1. The van der Waals surface area contributed by atoms with Crippen LogP contribution in [0.3, 0.4) is 0 Å². The first kappa shape index (κ1) is 16.5. The third kappa shape index (κ3) is 3.14. The predicted octanol–water partition coefficient (Wildman–Crippen LogP) is 3.94. The van der Waals surface area contributed by atoms with Crippen LogP contribution >= 0.6 is 11.8 Å². The van der Waals surface area contributed by atoms with Crippen molar-refractivity contribution in [1.29, 1.82) is 0 Å². The van der Waals surface area contributed by atoms with Gasteiger partial charge in [-0.1, -0.05) is 11.8 Å². The van der Waals surface area contributed by atoms with Crippen LogP contribution in [0.15, 0.2) is 47.9 Å². The Kier molecular flexibility index (Phi) is 4.57. The zero-order valence-corrected chi connectivity index (χ0v) is 14.6. The van der Waals surface area contributed by atoms with Gasteiger partial charge in [0.05, 0.1) is 5.75 Å². The monoisotopic (exact) mass is 343 g/mol. The Morgan fingerprint density at radius 1 is 1.25 bits per heavy atom. The van der Waals surface area contributed by atoms with Crippen LogP contribution in [0.2, 0.25) is 0 Å². The Hall–Kier alpha value is -2.34. The summed E-state index contributed by atoms with van der Waals surface area (Å²) in [5, 5.41) is 0.815. The van der Waals surface area contributed by atoms with Gasteiger partial charge >= 0.3 is 0 Å². The lowest BCUT2D eigenvalue weighted by Crippen LogP contribution is -2.06.